The third-order valence-corrected chi connectivity index (χ3v) is 10.3. The molecule has 11 rings (SSSR count). The first-order chi connectivity index (χ1) is 25.3. The normalized spacial score (nSPS) is 11.9. The van der Waals surface area contributed by atoms with Gasteiger partial charge in [-0.15, -0.1) is 0 Å². The zero-order chi connectivity index (χ0) is 33.5. The molecule has 0 saturated heterocycles. The van der Waals surface area contributed by atoms with Crippen molar-refractivity contribution in [1.29, 1.82) is 0 Å². The molecule has 0 amide bonds. The van der Waals surface area contributed by atoms with E-state index in [1.807, 2.05) is 0 Å². The molecule has 0 aliphatic rings. The third-order valence-electron chi connectivity index (χ3n) is 10.3. The van der Waals surface area contributed by atoms with Gasteiger partial charge in [0, 0.05) is 49.6 Å². The van der Waals surface area contributed by atoms with Crippen molar-refractivity contribution in [3.05, 3.63) is 176 Å². The Balaban J connectivity index is 1.30. The smallest absolute Gasteiger partial charge is 0.237 e. The van der Waals surface area contributed by atoms with Crippen LogP contribution in [0, 0.1) is 0 Å². The number of para-hydroxylation sites is 7. The molecule has 0 unspecified atom stereocenters. The largest absolute Gasteiger partial charge is 0.309 e. The number of hydrogen-bond acceptors (Lipinski definition) is 2. The molecule has 0 aliphatic carbocycles. The van der Waals surface area contributed by atoms with Crippen LogP contribution in [0.15, 0.2) is 176 Å². The molecule has 5 nitrogen and oxygen atoms in total. The first kappa shape index (κ1) is 27.9. The molecule has 51 heavy (non-hydrogen) atoms. The summed E-state index contributed by atoms with van der Waals surface area (Å²) in [5, 5.41) is 7.12. The average molecular weight is 652 g/mol. The van der Waals surface area contributed by atoms with Crippen molar-refractivity contribution in [2.45, 2.75) is 0 Å². The number of rotatable bonds is 4. The van der Waals surface area contributed by atoms with Gasteiger partial charge in [-0.05, 0) is 42.5 Å². The van der Waals surface area contributed by atoms with Crippen molar-refractivity contribution in [2.75, 3.05) is 0 Å². The Kier molecular flexibility index (Phi) is 5.89. The lowest BCUT2D eigenvalue weighted by Crippen LogP contribution is -2.07. The Labute approximate surface area is 292 Å². The molecular formula is C46H29N5. The van der Waals surface area contributed by atoms with E-state index in [1.54, 1.807) is 0 Å². The summed E-state index contributed by atoms with van der Waals surface area (Å²) in [6.45, 7) is 0. The van der Waals surface area contributed by atoms with Gasteiger partial charge in [0.15, 0.2) is 0 Å². The predicted octanol–water partition coefficient (Wildman–Crippen LogP) is 11.4. The minimum Gasteiger partial charge on any atom is -0.309 e. The fourth-order valence-corrected chi connectivity index (χ4v) is 8.15. The third kappa shape index (κ3) is 4.03. The van der Waals surface area contributed by atoms with Gasteiger partial charge in [0.1, 0.15) is 5.82 Å². The topological polar surface area (TPSA) is 40.6 Å². The van der Waals surface area contributed by atoms with Gasteiger partial charge in [0.2, 0.25) is 5.95 Å². The lowest BCUT2D eigenvalue weighted by Gasteiger charge is -2.15. The quantitative estimate of drug-likeness (QED) is 0.190. The molecule has 0 saturated carbocycles. The summed E-state index contributed by atoms with van der Waals surface area (Å²) in [5.41, 5.74) is 9.62. The average Bonchev–Trinajstić information content (AvgIpc) is 3.84. The fourth-order valence-electron chi connectivity index (χ4n) is 8.15. The minimum atomic E-state index is 0.626. The molecule has 0 aliphatic heterocycles. The summed E-state index contributed by atoms with van der Waals surface area (Å²) in [4.78, 5) is 11.0. The molecule has 11 aromatic rings. The second kappa shape index (κ2) is 10.8. The van der Waals surface area contributed by atoms with E-state index in [-0.39, 0.29) is 0 Å². The first-order valence-corrected chi connectivity index (χ1v) is 17.3. The highest BCUT2D eigenvalue weighted by Crippen LogP contribution is 2.40. The van der Waals surface area contributed by atoms with Crippen LogP contribution in [0.4, 0.5) is 0 Å². The van der Waals surface area contributed by atoms with Crippen LogP contribution in [-0.2, 0) is 0 Å². The van der Waals surface area contributed by atoms with E-state index < -0.39 is 0 Å². The molecule has 238 valence electrons. The van der Waals surface area contributed by atoms with Crippen molar-refractivity contribution in [1.82, 2.24) is 23.7 Å². The van der Waals surface area contributed by atoms with Gasteiger partial charge in [0.25, 0.3) is 0 Å². The summed E-state index contributed by atoms with van der Waals surface area (Å²) >= 11 is 0. The van der Waals surface area contributed by atoms with Crippen LogP contribution in [0.5, 0.6) is 0 Å². The highest BCUT2D eigenvalue weighted by atomic mass is 15.2. The van der Waals surface area contributed by atoms with Crippen LogP contribution >= 0.6 is 0 Å². The summed E-state index contributed by atoms with van der Waals surface area (Å²) in [5.74, 6) is 1.44. The van der Waals surface area contributed by atoms with E-state index in [4.69, 9.17) is 9.97 Å². The SMILES string of the molecule is c1ccc(-n2c3ccccc3c3cccc(-c4cc(-n5c6ccccc6c6ccccc65)nc(-n5c6ccccc6c6ccccc65)n4)c32)cc1. The monoisotopic (exact) mass is 651 g/mol. The molecule has 4 heterocycles. The first-order valence-electron chi connectivity index (χ1n) is 17.3. The Morgan fingerprint density at radius 3 is 1.31 bits per heavy atom. The van der Waals surface area contributed by atoms with Crippen molar-refractivity contribution in [2.24, 2.45) is 0 Å². The molecular weight excluding hydrogens is 623 g/mol. The maximum atomic E-state index is 5.50. The summed E-state index contributed by atoms with van der Waals surface area (Å²) in [7, 11) is 0. The highest BCUT2D eigenvalue weighted by molar-refractivity contribution is 6.14. The van der Waals surface area contributed by atoms with E-state index in [0.717, 1.165) is 55.9 Å². The second-order valence-electron chi connectivity index (χ2n) is 13.0. The van der Waals surface area contributed by atoms with E-state index in [1.165, 1.54) is 32.3 Å². The van der Waals surface area contributed by atoms with Gasteiger partial charge >= 0.3 is 0 Å². The minimum absolute atomic E-state index is 0.626. The number of nitrogens with zero attached hydrogens (tertiary/aromatic N) is 5. The zero-order valence-electron chi connectivity index (χ0n) is 27.5. The standard InChI is InChI=1S/C46H29N5/c1-2-15-30(16-3-1)49-39-24-9-8-21-35(39)36-22-14-23-37(45(36)49)38-29-44(50-40-25-10-4-17-31(40)32-18-5-11-26-41(32)50)48-46(47-38)51-42-27-12-6-19-33(42)34-20-7-13-28-43(34)51/h1-29H. The van der Waals surface area contributed by atoms with Crippen LogP contribution in [0.3, 0.4) is 0 Å². The van der Waals surface area contributed by atoms with E-state index in [9.17, 15) is 0 Å². The molecule has 5 heteroatoms. The van der Waals surface area contributed by atoms with Crippen LogP contribution in [0.2, 0.25) is 0 Å². The van der Waals surface area contributed by atoms with Gasteiger partial charge in [-0.25, -0.2) is 4.98 Å². The van der Waals surface area contributed by atoms with Gasteiger partial charge in [-0.1, -0.05) is 127 Å². The van der Waals surface area contributed by atoms with Crippen molar-refractivity contribution in [3.63, 3.8) is 0 Å². The van der Waals surface area contributed by atoms with Crippen LogP contribution in [-0.4, -0.2) is 23.7 Å². The zero-order valence-corrected chi connectivity index (χ0v) is 27.5. The Morgan fingerprint density at radius 2 is 0.765 bits per heavy atom. The Morgan fingerprint density at radius 1 is 0.333 bits per heavy atom. The molecule has 0 spiro atoms. The van der Waals surface area contributed by atoms with E-state index >= 15 is 0 Å². The van der Waals surface area contributed by atoms with Gasteiger partial charge in [0.05, 0.1) is 38.8 Å². The number of aromatic nitrogens is 5. The molecule has 0 radical (unpaired) electrons. The van der Waals surface area contributed by atoms with Gasteiger partial charge < -0.3 is 4.57 Å². The van der Waals surface area contributed by atoms with Crippen LogP contribution in [0.1, 0.15) is 0 Å². The molecule has 0 bridgehead atoms. The molecule has 0 fully saturated rings. The fraction of sp³-hybridized carbons (Fsp3) is 0. The van der Waals surface area contributed by atoms with E-state index in [2.05, 4.69) is 190 Å². The maximum Gasteiger partial charge on any atom is 0.237 e. The Hall–Kier alpha value is -6.98. The predicted molar refractivity (Wildman–Crippen MR) is 210 cm³/mol. The van der Waals surface area contributed by atoms with Gasteiger partial charge in [-0.3, -0.25) is 9.13 Å². The lowest BCUT2D eigenvalue weighted by molar-refractivity contribution is 0.952. The van der Waals surface area contributed by atoms with Crippen LogP contribution < -0.4 is 0 Å². The number of hydrogen-bond donors (Lipinski definition) is 0. The number of fused-ring (bicyclic) bond motifs is 9. The number of benzene rings is 7. The summed E-state index contributed by atoms with van der Waals surface area (Å²) in [6, 6.07) is 62.3. The van der Waals surface area contributed by atoms with Crippen molar-refractivity contribution >= 4 is 65.4 Å². The summed E-state index contributed by atoms with van der Waals surface area (Å²) < 4.78 is 6.89. The van der Waals surface area contributed by atoms with E-state index in [0.29, 0.717) is 5.95 Å². The van der Waals surface area contributed by atoms with Gasteiger partial charge in [-0.2, -0.15) is 4.98 Å². The molecule has 7 aromatic carbocycles. The van der Waals surface area contributed by atoms with Crippen LogP contribution in [0.25, 0.3) is 94.1 Å². The van der Waals surface area contributed by atoms with Crippen molar-refractivity contribution in [3.8, 4) is 28.7 Å². The molecule has 0 atom stereocenters. The van der Waals surface area contributed by atoms with Crippen molar-refractivity contribution < 1.29 is 0 Å². The highest BCUT2D eigenvalue weighted by Gasteiger charge is 2.22. The molecule has 4 aromatic heterocycles. The lowest BCUT2D eigenvalue weighted by atomic mass is 10.1. The Bertz CT molecular complexity index is 2910. The second-order valence-corrected chi connectivity index (χ2v) is 13.0. The maximum absolute atomic E-state index is 5.50. The molecule has 0 N–H and O–H groups in total. The summed E-state index contributed by atoms with van der Waals surface area (Å²) in [6.07, 6.45) is 0.